The molecule has 0 bridgehead atoms. The van der Waals surface area contributed by atoms with Gasteiger partial charge >= 0.3 is 24.2 Å². The van der Waals surface area contributed by atoms with Crippen molar-refractivity contribution in [2.75, 3.05) is 0 Å². The van der Waals surface area contributed by atoms with Crippen molar-refractivity contribution in [3.63, 3.8) is 0 Å². The zero-order valence-electron chi connectivity index (χ0n) is 16.2. The number of allylic oxidation sites excluding steroid dienone is 6. The smallest absolute Gasteiger partial charge is 0.283 e. The molecule has 1 atom stereocenters. The normalized spacial score (nSPS) is 21.6. The van der Waals surface area contributed by atoms with E-state index < -0.39 is 104 Å². The van der Waals surface area contributed by atoms with Crippen molar-refractivity contribution in [3.8, 4) is 0 Å². The summed E-state index contributed by atoms with van der Waals surface area (Å²) in [5.74, 6) is -31.4. The Bertz CT molecular complexity index is 1290. The fraction of sp³-hybridized carbons (Fsp3) is 0.278. The number of benzene rings is 1. The fourth-order valence-electron chi connectivity index (χ4n) is 3.96. The van der Waals surface area contributed by atoms with Crippen molar-refractivity contribution >= 4 is 5.78 Å². The molecule has 0 saturated carbocycles. The van der Waals surface area contributed by atoms with Crippen LogP contribution in [0.2, 0.25) is 0 Å². The summed E-state index contributed by atoms with van der Waals surface area (Å²) in [7, 11) is 0. The Kier molecular flexibility index (Phi) is 5.90. The second-order valence-electron chi connectivity index (χ2n) is 7.24. The molecule has 2 aliphatic carbocycles. The summed E-state index contributed by atoms with van der Waals surface area (Å²) in [6.45, 7) is 0. The van der Waals surface area contributed by atoms with Gasteiger partial charge in [-0.1, -0.05) is 0 Å². The molecule has 0 radical (unpaired) electrons. The fourth-order valence-corrected chi connectivity index (χ4v) is 3.96. The monoisotopic (exact) mass is 574 g/mol. The number of hydrogen-bond donors (Lipinski definition) is 0. The first-order valence-electron chi connectivity index (χ1n) is 8.61. The average Bonchev–Trinajstić information content (AvgIpc) is 2.73. The van der Waals surface area contributed by atoms with Gasteiger partial charge in [-0.05, 0) is 0 Å². The van der Waals surface area contributed by atoms with Crippen LogP contribution in [0.1, 0.15) is 5.56 Å². The van der Waals surface area contributed by atoms with Crippen LogP contribution in [0.3, 0.4) is 0 Å². The largest absolute Gasteiger partial charge is 0.435 e. The molecule has 0 fully saturated rings. The third kappa shape index (κ3) is 3.14. The van der Waals surface area contributed by atoms with Gasteiger partial charge in [0.15, 0.2) is 40.3 Å². The standard InChI is InChI=1S/C18F18O/c19-4-1-2(7(22)12(37)11(4)26)14(16(28,29)30,3-5(20)8(23)10(25)9(24)6(3)21)13(1)15(27,17(31,32)33)18(34,35)36. The lowest BCUT2D eigenvalue weighted by Gasteiger charge is -2.53. The SMILES string of the molecule is O=C1C(F)=C(F)C2=C(C(F)(C(F)(F)F)C(F)(F)F)C(c3c(F)c(F)c(F)c(F)c3F)(C(F)(F)F)C2=C1F. The van der Waals surface area contributed by atoms with E-state index in [-0.39, 0.29) is 0 Å². The highest BCUT2D eigenvalue weighted by Gasteiger charge is 2.86. The average molecular weight is 574 g/mol. The van der Waals surface area contributed by atoms with Crippen LogP contribution in [0.15, 0.2) is 34.2 Å². The van der Waals surface area contributed by atoms with Crippen LogP contribution in [-0.4, -0.2) is 30.0 Å². The van der Waals surface area contributed by atoms with E-state index in [1.807, 2.05) is 0 Å². The lowest BCUT2D eigenvalue weighted by Crippen LogP contribution is -2.67. The molecular weight excluding hydrogens is 574 g/mol. The maximum Gasteiger partial charge on any atom is 0.435 e. The second-order valence-corrected chi connectivity index (χ2v) is 7.24. The highest BCUT2D eigenvalue weighted by Crippen LogP contribution is 2.72. The zero-order chi connectivity index (χ0) is 29.0. The van der Waals surface area contributed by atoms with Gasteiger partial charge in [-0.2, -0.15) is 43.9 Å². The van der Waals surface area contributed by atoms with Crippen LogP contribution in [0.5, 0.6) is 0 Å². The van der Waals surface area contributed by atoms with Gasteiger partial charge in [0.1, 0.15) is 0 Å². The van der Waals surface area contributed by atoms with Crippen LogP contribution in [-0.2, 0) is 10.2 Å². The van der Waals surface area contributed by atoms with E-state index in [1.165, 1.54) is 0 Å². The molecule has 1 unspecified atom stereocenters. The predicted octanol–water partition coefficient (Wildman–Crippen LogP) is 7.28. The molecular formula is C18F18O. The number of rotatable bonds is 2. The molecule has 0 aliphatic heterocycles. The third-order valence-corrected chi connectivity index (χ3v) is 5.42. The molecule has 0 N–H and O–H groups in total. The number of carbonyl (C=O) groups excluding carboxylic acids is 1. The quantitative estimate of drug-likeness (QED) is 0.206. The molecule has 1 nitrogen and oxygen atoms in total. The maximum absolute atomic E-state index is 14.9. The number of carbonyl (C=O) groups is 1. The number of hydrogen-bond acceptors (Lipinski definition) is 1. The molecule has 0 aromatic heterocycles. The Labute approximate surface area is 189 Å². The van der Waals surface area contributed by atoms with Crippen molar-refractivity contribution in [1.29, 1.82) is 0 Å². The Morgan fingerprint density at radius 3 is 1.24 bits per heavy atom. The summed E-state index contributed by atoms with van der Waals surface area (Å²) in [5, 5.41) is 0. The molecule has 1 aromatic carbocycles. The van der Waals surface area contributed by atoms with Gasteiger partial charge in [-0.3, -0.25) is 4.79 Å². The first kappa shape index (κ1) is 28.4. The molecule has 19 heteroatoms. The molecule has 37 heavy (non-hydrogen) atoms. The summed E-state index contributed by atoms with van der Waals surface area (Å²) in [6.07, 6.45) is -22.8. The van der Waals surface area contributed by atoms with Crippen molar-refractivity contribution in [2.24, 2.45) is 0 Å². The highest BCUT2D eigenvalue weighted by atomic mass is 19.4. The van der Waals surface area contributed by atoms with Gasteiger partial charge in [0.25, 0.3) is 5.78 Å². The second kappa shape index (κ2) is 7.68. The Balaban J connectivity index is 2.83. The molecule has 2 aliphatic rings. The Morgan fingerprint density at radius 1 is 0.514 bits per heavy atom. The van der Waals surface area contributed by atoms with E-state index in [0.29, 0.717) is 0 Å². The summed E-state index contributed by atoms with van der Waals surface area (Å²) in [6, 6.07) is 0. The van der Waals surface area contributed by atoms with Crippen LogP contribution in [0.4, 0.5) is 79.0 Å². The molecule has 0 spiro atoms. The number of Topliss-reactive ketones (excluding diaryl/α,β-unsaturated/α-hetero) is 1. The third-order valence-electron chi connectivity index (χ3n) is 5.42. The lowest BCUT2D eigenvalue weighted by molar-refractivity contribution is -0.334. The van der Waals surface area contributed by atoms with Gasteiger partial charge in [-0.15, -0.1) is 0 Å². The first-order chi connectivity index (χ1) is 16.4. The summed E-state index contributed by atoms with van der Waals surface area (Å²) in [4.78, 5) is 11.4. The van der Waals surface area contributed by atoms with Crippen LogP contribution >= 0.6 is 0 Å². The van der Waals surface area contributed by atoms with Crippen LogP contribution < -0.4 is 0 Å². The molecule has 3 rings (SSSR count). The lowest BCUT2D eigenvalue weighted by atomic mass is 9.50. The first-order valence-corrected chi connectivity index (χ1v) is 8.61. The number of alkyl halides is 10. The highest BCUT2D eigenvalue weighted by molar-refractivity contribution is 6.10. The zero-order valence-corrected chi connectivity index (χ0v) is 16.2. The van der Waals surface area contributed by atoms with Crippen LogP contribution in [0.25, 0.3) is 0 Å². The molecule has 204 valence electrons. The van der Waals surface area contributed by atoms with Gasteiger partial charge in [0.2, 0.25) is 11.6 Å². The van der Waals surface area contributed by atoms with E-state index in [1.54, 1.807) is 0 Å². The molecule has 0 heterocycles. The van der Waals surface area contributed by atoms with E-state index in [0.717, 1.165) is 0 Å². The van der Waals surface area contributed by atoms with Gasteiger partial charge < -0.3 is 0 Å². The van der Waals surface area contributed by atoms with E-state index in [2.05, 4.69) is 0 Å². The minimum absolute atomic E-state index is 3.18. The predicted molar refractivity (Wildman–Crippen MR) is 79.3 cm³/mol. The van der Waals surface area contributed by atoms with Crippen molar-refractivity contribution in [2.45, 2.75) is 29.6 Å². The number of ketones is 1. The molecule has 1 aromatic rings. The van der Waals surface area contributed by atoms with Gasteiger partial charge in [0, 0.05) is 16.7 Å². The van der Waals surface area contributed by atoms with E-state index in [9.17, 15) is 83.8 Å². The summed E-state index contributed by atoms with van der Waals surface area (Å²) >= 11 is 0. The van der Waals surface area contributed by atoms with Gasteiger partial charge in [0.05, 0.1) is 5.56 Å². The van der Waals surface area contributed by atoms with E-state index >= 15 is 0 Å². The minimum Gasteiger partial charge on any atom is -0.283 e. The molecule has 0 amide bonds. The Hall–Kier alpha value is -3.15. The van der Waals surface area contributed by atoms with Crippen molar-refractivity contribution in [1.82, 2.24) is 0 Å². The van der Waals surface area contributed by atoms with Crippen molar-refractivity contribution in [3.05, 3.63) is 68.8 Å². The summed E-state index contributed by atoms with van der Waals surface area (Å²) < 4.78 is 250. The van der Waals surface area contributed by atoms with Crippen LogP contribution in [0, 0.1) is 29.1 Å². The van der Waals surface area contributed by atoms with Crippen molar-refractivity contribution < 1.29 is 83.8 Å². The van der Waals surface area contributed by atoms with E-state index in [4.69, 9.17) is 0 Å². The summed E-state index contributed by atoms with van der Waals surface area (Å²) in [5.41, 5.74) is -28.6. The number of halogens is 18. The molecule has 0 saturated heterocycles. The minimum atomic E-state index is -7.71. The Morgan fingerprint density at radius 2 is 0.892 bits per heavy atom. The number of fused-ring (bicyclic) bond motifs is 1. The maximum atomic E-state index is 14.9. The topological polar surface area (TPSA) is 17.1 Å². The van der Waals surface area contributed by atoms with Gasteiger partial charge in [-0.25, -0.2) is 35.1 Å².